The van der Waals surface area contributed by atoms with Crippen LogP contribution in [0.3, 0.4) is 0 Å². The zero-order valence-corrected chi connectivity index (χ0v) is 14.5. The SMILES string of the molecule is N#Cc1cccc(NC(=O)c2cncc(C(=O)Nc3cccc(C#N)c3)c2)c1. The summed E-state index contributed by atoms with van der Waals surface area (Å²) in [6.45, 7) is 0. The van der Waals surface area contributed by atoms with E-state index in [1.54, 1.807) is 48.5 Å². The molecular weight excluding hydrogens is 354 g/mol. The van der Waals surface area contributed by atoms with Crippen molar-refractivity contribution in [3.63, 3.8) is 0 Å². The van der Waals surface area contributed by atoms with Crippen molar-refractivity contribution in [2.75, 3.05) is 10.6 Å². The molecule has 1 aromatic heterocycles. The topological polar surface area (TPSA) is 119 Å². The number of hydrogen-bond donors (Lipinski definition) is 2. The lowest BCUT2D eigenvalue weighted by Crippen LogP contribution is -2.16. The normalized spacial score (nSPS) is 9.64. The van der Waals surface area contributed by atoms with E-state index in [9.17, 15) is 9.59 Å². The number of anilines is 2. The van der Waals surface area contributed by atoms with Crippen molar-refractivity contribution in [1.82, 2.24) is 4.98 Å². The van der Waals surface area contributed by atoms with Crippen molar-refractivity contribution in [2.24, 2.45) is 0 Å². The van der Waals surface area contributed by atoms with Crippen LogP contribution in [0.1, 0.15) is 31.8 Å². The highest BCUT2D eigenvalue weighted by Gasteiger charge is 2.12. The molecule has 0 saturated carbocycles. The molecule has 0 unspecified atom stereocenters. The van der Waals surface area contributed by atoms with Crippen LogP contribution in [0, 0.1) is 22.7 Å². The summed E-state index contributed by atoms with van der Waals surface area (Å²) in [5, 5.41) is 23.2. The third-order valence-corrected chi connectivity index (χ3v) is 3.76. The molecule has 0 aliphatic carbocycles. The van der Waals surface area contributed by atoms with Gasteiger partial charge < -0.3 is 10.6 Å². The average molecular weight is 367 g/mol. The van der Waals surface area contributed by atoms with E-state index in [1.807, 2.05) is 12.1 Å². The number of nitrogens with one attached hydrogen (secondary N) is 2. The van der Waals surface area contributed by atoms with Gasteiger partial charge >= 0.3 is 0 Å². The molecule has 0 spiro atoms. The lowest BCUT2D eigenvalue weighted by atomic mass is 10.1. The molecule has 1 heterocycles. The maximum Gasteiger partial charge on any atom is 0.257 e. The van der Waals surface area contributed by atoms with Crippen molar-refractivity contribution in [2.45, 2.75) is 0 Å². The van der Waals surface area contributed by atoms with Gasteiger partial charge in [0.05, 0.1) is 34.4 Å². The molecule has 0 radical (unpaired) electrons. The predicted octanol–water partition coefficient (Wildman–Crippen LogP) is 3.33. The number of carbonyl (C=O) groups excluding carboxylic acids is 2. The van der Waals surface area contributed by atoms with Crippen molar-refractivity contribution < 1.29 is 9.59 Å². The molecule has 0 fully saturated rings. The monoisotopic (exact) mass is 367 g/mol. The first-order valence-corrected chi connectivity index (χ1v) is 8.17. The second-order valence-electron chi connectivity index (χ2n) is 5.76. The van der Waals surface area contributed by atoms with Crippen LogP contribution in [-0.2, 0) is 0 Å². The highest BCUT2D eigenvalue weighted by Crippen LogP contribution is 2.14. The summed E-state index contributed by atoms with van der Waals surface area (Å²) in [5.74, 6) is -0.910. The quantitative estimate of drug-likeness (QED) is 0.733. The first-order chi connectivity index (χ1) is 13.6. The fourth-order valence-corrected chi connectivity index (χ4v) is 2.43. The number of aromatic nitrogens is 1. The van der Waals surface area contributed by atoms with E-state index in [2.05, 4.69) is 15.6 Å². The summed E-state index contributed by atoms with van der Waals surface area (Å²) in [6.07, 6.45) is 2.69. The third kappa shape index (κ3) is 4.37. The smallest absolute Gasteiger partial charge is 0.257 e. The van der Waals surface area contributed by atoms with Crippen molar-refractivity contribution in [3.8, 4) is 12.1 Å². The number of nitriles is 2. The van der Waals surface area contributed by atoms with Gasteiger partial charge in [0, 0.05) is 23.8 Å². The summed E-state index contributed by atoms with van der Waals surface area (Å²) in [5.41, 5.74) is 2.16. The number of amides is 2. The Labute approximate surface area is 160 Å². The molecule has 134 valence electrons. The fourth-order valence-electron chi connectivity index (χ4n) is 2.43. The van der Waals surface area contributed by atoms with Gasteiger partial charge in [0.15, 0.2) is 0 Å². The lowest BCUT2D eigenvalue weighted by molar-refractivity contribution is 0.102. The molecular formula is C21H13N5O2. The minimum Gasteiger partial charge on any atom is -0.322 e. The summed E-state index contributed by atoms with van der Waals surface area (Å²) in [7, 11) is 0. The van der Waals surface area contributed by atoms with Crippen LogP contribution in [0.15, 0.2) is 67.0 Å². The van der Waals surface area contributed by atoms with Crippen LogP contribution >= 0.6 is 0 Å². The van der Waals surface area contributed by atoms with E-state index in [0.29, 0.717) is 22.5 Å². The number of benzene rings is 2. The van der Waals surface area contributed by atoms with Crippen LogP contribution in [0.2, 0.25) is 0 Å². The molecule has 3 rings (SSSR count). The van der Waals surface area contributed by atoms with E-state index < -0.39 is 11.8 Å². The van der Waals surface area contributed by atoms with Gasteiger partial charge in [0.2, 0.25) is 0 Å². The highest BCUT2D eigenvalue weighted by atomic mass is 16.2. The Balaban J connectivity index is 1.75. The molecule has 2 N–H and O–H groups in total. The fraction of sp³-hybridized carbons (Fsp3) is 0. The Kier molecular flexibility index (Phi) is 5.40. The van der Waals surface area contributed by atoms with Crippen LogP contribution in [-0.4, -0.2) is 16.8 Å². The van der Waals surface area contributed by atoms with Gasteiger partial charge in [-0.05, 0) is 42.5 Å². The van der Waals surface area contributed by atoms with E-state index >= 15 is 0 Å². The van der Waals surface area contributed by atoms with E-state index in [0.717, 1.165) is 0 Å². The molecule has 7 nitrogen and oxygen atoms in total. The maximum atomic E-state index is 12.4. The predicted molar refractivity (Wildman–Crippen MR) is 102 cm³/mol. The number of hydrogen-bond acceptors (Lipinski definition) is 5. The molecule has 28 heavy (non-hydrogen) atoms. The molecule has 2 aromatic carbocycles. The standard InChI is InChI=1S/C21H13N5O2/c22-10-14-3-1-5-18(7-14)25-20(27)16-9-17(13-24-12-16)21(28)26-19-6-2-4-15(8-19)11-23/h1-9,12-13H,(H,25,27)(H,26,28). The zero-order chi connectivity index (χ0) is 19.9. The van der Waals surface area contributed by atoms with Crippen LogP contribution in [0.5, 0.6) is 0 Å². The Hall–Kier alpha value is -4.49. The van der Waals surface area contributed by atoms with Gasteiger partial charge in [-0.3, -0.25) is 14.6 Å². The summed E-state index contributed by atoms with van der Waals surface area (Å²) < 4.78 is 0. The Morgan fingerprint density at radius 1 is 0.750 bits per heavy atom. The summed E-state index contributed by atoms with van der Waals surface area (Å²) >= 11 is 0. The molecule has 0 saturated heterocycles. The van der Waals surface area contributed by atoms with Crippen LogP contribution < -0.4 is 10.6 Å². The minimum absolute atomic E-state index is 0.195. The van der Waals surface area contributed by atoms with Crippen molar-refractivity contribution in [3.05, 3.63) is 89.2 Å². The highest BCUT2D eigenvalue weighted by molar-refractivity contribution is 6.08. The van der Waals surface area contributed by atoms with Gasteiger partial charge in [-0.2, -0.15) is 10.5 Å². The Morgan fingerprint density at radius 3 is 1.64 bits per heavy atom. The minimum atomic E-state index is -0.455. The molecule has 3 aromatic rings. The number of nitrogens with zero attached hydrogens (tertiary/aromatic N) is 3. The molecule has 0 atom stereocenters. The molecule has 2 amide bonds. The van der Waals surface area contributed by atoms with E-state index in [4.69, 9.17) is 10.5 Å². The first kappa shape index (κ1) is 18.3. The van der Waals surface area contributed by atoms with Gasteiger partial charge in [0.1, 0.15) is 0 Å². The van der Waals surface area contributed by atoms with Gasteiger partial charge in [-0.15, -0.1) is 0 Å². The number of pyridine rings is 1. The maximum absolute atomic E-state index is 12.4. The van der Waals surface area contributed by atoms with Gasteiger partial charge in [0.25, 0.3) is 11.8 Å². The van der Waals surface area contributed by atoms with Crippen molar-refractivity contribution in [1.29, 1.82) is 10.5 Å². The zero-order valence-electron chi connectivity index (χ0n) is 14.5. The van der Waals surface area contributed by atoms with E-state index in [-0.39, 0.29) is 11.1 Å². The molecule has 0 aliphatic rings. The number of rotatable bonds is 4. The summed E-state index contributed by atoms with van der Waals surface area (Å²) in [6, 6.07) is 18.4. The molecule has 7 heteroatoms. The van der Waals surface area contributed by atoms with Gasteiger partial charge in [-0.1, -0.05) is 12.1 Å². The Morgan fingerprint density at radius 2 is 1.21 bits per heavy atom. The Bertz CT molecular complexity index is 1060. The average Bonchev–Trinajstić information content (AvgIpc) is 2.74. The van der Waals surface area contributed by atoms with Crippen LogP contribution in [0.25, 0.3) is 0 Å². The van der Waals surface area contributed by atoms with E-state index in [1.165, 1.54) is 18.5 Å². The number of carbonyl (C=O) groups is 2. The first-order valence-electron chi connectivity index (χ1n) is 8.17. The molecule has 0 aliphatic heterocycles. The van der Waals surface area contributed by atoms with Gasteiger partial charge in [-0.25, -0.2) is 0 Å². The second kappa shape index (κ2) is 8.26. The van der Waals surface area contributed by atoms with Crippen molar-refractivity contribution >= 4 is 23.2 Å². The molecule has 0 bridgehead atoms. The largest absolute Gasteiger partial charge is 0.322 e. The third-order valence-electron chi connectivity index (χ3n) is 3.76. The second-order valence-corrected chi connectivity index (χ2v) is 5.76. The summed E-state index contributed by atoms with van der Waals surface area (Å²) in [4.78, 5) is 28.8. The van der Waals surface area contributed by atoms with Crippen LogP contribution in [0.4, 0.5) is 11.4 Å². The lowest BCUT2D eigenvalue weighted by Gasteiger charge is -2.08.